The third-order valence-corrected chi connectivity index (χ3v) is 5.79. The Morgan fingerprint density at radius 3 is 2.77 bits per heavy atom. The van der Waals surface area contributed by atoms with Crippen LogP contribution in [-0.2, 0) is 11.3 Å². The van der Waals surface area contributed by atoms with Crippen molar-refractivity contribution in [3.63, 3.8) is 0 Å². The van der Waals surface area contributed by atoms with Crippen LogP contribution in [0.2, 0.25) is 10.0 Å². The molecule has 6 nitrogen and oxygen atoms in total. The van der Waals surface area contributed by atoms with Crippen molar-refractivity contribution in [2.45, 2.75) is 38.6 Å². The van der Waals surface area contributed by atoms with Gasteiger partial charge in [0.05, 0.1) is 16.5 Å². The van der Waals surface area contributed by atoms with E-state index in [1.165, 1.54) is 11.8 Å². The summed E-state index contributed by atoms with van der Waals surface area (Å²) in [6, 6.07) is 12.8. The molecule has 0 saturated heterocycles. The zero-order chi connectivity index (χ0) is 21.7. The number of carbonyl (C=O) groups is 1. The Morgan fingerprint density at radius 1 is 1.23 bits per heavy atom. The maximum absolute atomic E-state index is 12.3. The highest BCUT2D eigenvalue weighted by Gasteiger charge is 2.19. The smallest absolute Gasteiger partial charge is 0.234 e. The third-order valence-electron chi connectivity index (χ3n) is 4.26. The Balaban J connectivity index is 1.65. The first kappa shape index (κ1) is 22.5. The fourth-order valence-electron chi connectivity index (χ4n) is 2.86. The average molecular weight is 465 g/mol. The maximum atomic E-state index is 12.3. The largest absolute Gasteiger partial charge is 0.483 e. The van der Waals surface area contributed by atoms with Crippen LogP contribution in [0.5, 0.6) is 5.75 Å². The number of carbonyl (C=O) groups excluding carboxylic acids is 1. The highest BCUT2D eigenvalue weighted by atomic mass is 35.5. The van der Waals surface area contributed by atoms with Crippen LogP contribution in [0, 0.1) is 6.92 Å². The molecule has 158 valence electrons. The van der Waals surface area contributed by atoms with Crippen LogP contribution in [0.1, 0.15) is 31.3 Å². The first-order valence-electron chi connectivity index (χ1n) is 9.41. The van der Waals surface area contributed by atoms with Crippen molar-refractivity contribution in [2.75, 3.05) is 11.1 Å². The van der Waals surface area contributed by atoms with E-state index in [4.69, 9.17) is 27.9 Å². The standard InChI is InChI=1S/C21H22Cl2N4O2S/c1-4-27-20(14(3)29-16-7-5-6-13(2)10-16)25-26-21(27)30-12-19(28)24-18-11-15(22)8-9-17(18)23/h5-11,14H,4,12H2,1-3H3,(H,24,28). The van der Waals surface area contributed by atoms with Gasteiger partial charge in [0.1, 0.15) is 5.75 Å². The number of hydrogen-bond donors (Lipinski definition) is 1. The number of rotatable bonds is 8. The van der Waals surface area contributed by atoms with Gasteiger partial charge in [0.25, 0.3) is 0 Å². The molecule has 1 N–H and O–H groups in total. The molecule has 30 heavy (non-hydrogen) atoms. The molecule has 1 aromatic heterocycles. The van der Waals surface area contributed by atoms with Gasteiger partial charge in [-0.2, -0.15) is 0 Å². The summed E-state index contributed by atoms with van der Waals surface area (Å²) in [4.78, 5) is 12.3. The van der Waals surface area contributed by atoms with Crippen LogP contribution in [0.15, 0.2) is 47.6 Å². The lowest BCUT2D eigenvalue weighted by Crippen LogP contribution is -2.15. The lowest BCUT2D eigenvalue weighted by Gasteiger charge is -2.16. The number of benzene rings is 2. The van der Waals surface area contributed by atoms with E-state index in [1.54, 1.807) is 18.2 Å². The molecular formula is C21H22Cl2N4O2S. The van der Waals surface area contributed by atoms with Gasteiger partial charge in [0.2, 0.25) is 5.91 Å². The molecule has 3 aromatic rings. The predicted octanol–water partition coefficient (Wildman–Crippen LogP) is 5.78. The van der Waals surface area contributed by atoms with Gasteiger partial charge in [-0.15, -0.1) is 10.2 Å². The van der Waals surface area contributed by atoms with Gasteiger partial charge in [0, 0.05) is 11.6 Å². The minimum Gasteiger partial charge on any atom is -0.483 e. The molecule has 0 fully saturated rings. The Morgan fingerprint density at radius 2 is 2.03 bits per heavy atom. The molecule has 0 saturated carbocycles. The number of hydrogen-bond acceptors (Lipinski definition) is 5. The summed E-state index contributed by atoms with van der Waals surface area (Å²) in [7, 11) is 0. The first-order chi connectivity index (χ1) is 14.4. The van der Waals surface area contributed by atoms with Crippen LogP contribution in [-0.4, -0.2) is 26.4 Å². The Hall–Kier alpha value is -2.22. The quantitative estimate of drug-likeness (QED) is 0.427. The molecule has 1 heterocycles. The molecule has 0 aliphatic rings. The molecular weight excluding hydrogens is 443 g/mol. The molecule has 9 heteroatoms. The summed E-state index contributed by atoms with van der Waals surface area (Å²) < 4.78 is 7.98. The van der Waals surface area contributed by atoms with E-state index in [-0.39, 0.29) is 17.8 Å². The lowest BCUT2D eigenvalue weighted by atomic mass is 10.2. The summed E-state index contributed by atoms with van der Waals surface area (Å²) >= 11 is 13.4. The number of amides is 1. The van der Waals surface area contributed by atoms with Crippen LogP contribution >= 0.6 is 35.0 Å². The maximum Gasteiger partial charge on any atom is 0.234 e. The molecule has 1 unspecified atom stereocenters. The number of aromatic nitrogens is 3. The van der Waals surface area contributed by atoms with Crippen molar-refractivity contribution in [1.29, 1.82) is 0 Å². The van der Waals surface area contributed by atoms with E-state index in [0.29, 0.717) is 33.3 Å². The predicted molar refractivity (Wildman–Crippen MR) is 122 cm³/mol. The summed E-state index contributed by atoms with van der Waals surface area (Å²) in [6.45, 7) is 6.61. The summed E-state index contributed by atoms with van der Waals surface area (Å²) in [6.07, 6.45) is -0.285. The minimum atomic E-state index is -0.285. The highest BCUT2D eigenvalue weighted by molar-refractivity contribution is 7.99. The molecule has 0 bridgehead atoms. The van der Waals surface area contributed by atoms with Crippen molar-refractivity contribution < 1.29 is 9.53 Å². The SMILES string of the molecule is CCn1c(SCC(=O)Nc2cc(Cl)ccc2Cl)nnc1C(C)Oc1cccc(C)c1. The van der Waals surface area contributed by atoms with Gasteiger partial charge in [0.15, 0.2) is 17.1 Å². The number of ether oxygens (including phenoxy) is 1. The highest BCUT2D eigenvalue weighted by Crippen LogP contribution is 2.27. The molecule has 0 spiro atoms. The molecule has 0 aliphatic heterocycles. The fraction of sp³-hybridized carbons (Fsp3) is 0.286. The van der Waals surface area contributed by atoms with Crippen molar-refractivity contribution in [3.05, 3.63) is 63.9 Å². The Labute approximate surface area is 189 Å². The number of halogens is 2. The topological polar surface area (TPSA) is 69.0 Å². The van der Waals surface area contributed by atoms with Gasteiger partial charge in [-0.1, -0.05) is 47.1 Å². The zero-order valence-corrected chi connectivity index (χ0v) is 19.2. The molecule has 0 radical (unpaired) electrons. The van der Waals surface area contributed by atoms with E-state index < -0.39 is 0 Å². The monoisotopic (exact) mass is 464 g/mol. The van der Waals surface area contributed by atoms with E-state index in [0.717, 1.165) is 11.3 Å². The summed E-state index contributed by atoms with van der Waals surface area (Å²) in [5.74, 6) is 1.44. The summed E-state index contributed by atoms with van der Waals surface area (Å²) in [5.41, 5.74) is 1.60. The van der Waals surface area contributed by atoms with Crippen LogP contribution in [0.4, 0.5) is 5.69 Å². The first-order valence-corrected chi connectivity index (χ1v) is 11.2. The van der Waals surface area contributed by atoms with Gasteiger partial charge in [-0.25, -0.2) is 0 Å². The average Bonchev–Trinajstić information content (AvgIpc) is 3.12. The van der Waals surface area contributed by atoms with Crippen LogP contribution in [0.3, 0.4) is 0 Å². The van der Waals surface area contributed by atoms with Crippen molar-refractivity contribution >= 4 is 46.6 Å². The van der Waals surface area contributed by atoms with Gasteiger partial charge in [-0.3, -0.25) is 4.79 Å². The number of aryl methyl sites for hydroxylation is 1. The van der Waals surface area contributed by atoms with Gasteiger partial charge >= 0.3 is 0 Å². The second kappa shape index (κ2) is 10.2. The van der Waals surface area contributed by atoms with Crippen molar-refractivity contribution in [2.24, 2.45) is 0 Å². The third kappa shape index (κ3) is 5.68. The van der Waals surface area contributed by atoms with Crippen molar-refractivity contribution in [3.8, 4) is 5.75 Å². The number of nitrogens with one attached hydrogen (secondary N) is 1. The Bertz CT molecular complexity index is 1040. The number of nitrogens with zero attached hydrogens (tertiary/aromatic N) is 3. The normalized spacial score (nSPS) is 11.9. The molecule has 2 aromatic carbocycles. The zero-order valence-electron chi connectivity index (χ0n) is 16.9. The number of thioether (sulfide) groups is 1. The second-order valence-electron chi connectivity index (χ2n) is 6.62. The molecule has 3 rings (SSSR count). The van der Waals surface area contributed by atoms with E-state index in [2.05, 4.69) is 15.5 Å². The van der Waals surface area contributed by atoms with Crippen LogP contribution < -0.4 is 10.1 Å². The molecule has 1 atom stereocenters. The second-order valence-corrected chi connectivity index (χ2v) is 8.41. The molecule has 1 amide bonds. The van der Waals surface area contributed by atoms with E-state index in [9.17, 15) is 4.79 Å². The van der Waals surface area contributed by atoms with E-state index in [1.807, 2.05) is 49.6 Å². The van der Waals surface area contributed by atoms with Gasteiger partial charge in [-0.05, 0) is 56.7 Å². The number of anilines is 1. The molecule has 0 aliphatic carbocycles. The van der Waals surface area contributed by atoms with Crippen molar-refractivity contribution in [1.82, 2.24) is 14.8 Å². The lowest BCUT2D eigenvalue weighted by molar-refractivity contribution is -0.113. The Kier molecular flexibility index (Phi) is 7.64. The van der Waals surface area contributed by atoms with Gasteiger partial charge < -0.3 is 14.6 Å². The summed E-state index contributed by atoms with van der Waals surface area (Å²) in [5, 5.41) is 12.9. The van der Waals surface area contributed by atoms with E-state index >= 15 is 0 Å². The fourth-order valence-corrected chi connectivity index (χ4v) is 4.01. The van der Waals surface area contributed by atoms with Crippen LogP contribution in [0.25, 0.3) is 0 Å². The minimum absolute atomic E-state index is 0.161.